The largest absolute Gasteiger partial charge is 0.474 e. The van der Waals surface area contributed by atoms with Gasteiger partial charge in [0.1, 0.15) is 22.4 Å². The minimum Gasteiger partial charge on any atom is -0.474 e. The second kappa shape index (κ2) is 10.2. The summed E-state index contributed by atoms with van der Waals surface area (Å²) in [4.78, 5) is 30.2. The van der Waals surface area contributed by atoms with Crippen LogP contribution in [-0.2, 0) is 28.4 Å². The molecule has 0 spiro atoms. The van der Waals surface area contributed by atoms with Crippen molar-refractivity contribution in [2.45, 2.75) is 24.1 Å². The number of nitrogens with one attached hydrogen (secondary N) is 1. The number of morpholine rings is 1. The van der Waals surface area contributed by atoms with Crippen LogP contribution in [-0.4, -0.2) is 65.8 Å². The van der Waals surface area contributed by atoms with Crippen molar-refractivity contribution >= 4 is 26.8 Å². The van der Waals surface area contributed by atoms with Crippen LogP contribution in [0.5, 0.6) is 5.88 Å². The number of carbonyl (C=O) groups excluding carboxylic acids is 1. The zero-order valence-electron chi connectivity index (χ0n) is 20.8. The smallest absolute Gasteiger partial charge is 0.263 e. The fraction of sp³-hybridized carbons (Fsp3) is 0.385. The quantitative estimate of drug-likeness (QED) is 0.453. The second-order valence-corrected chi connectivity index (χ2v) is 11.8. The van der Waals surface area contributed by atoms with Crippen molar-refractivity contribution in [1.29, 1.82) is 5.26 Å². The maximum Gasteiger partial charge on any atom is 0.263 e. The zero-order valence-corrected chi connectivity index (χ0v) is 21.7. The van der Waals surface area contributed by atoms with Crippen molar-refractivity contribution < 1.29 is 22.7 Å². The van der Waals surface area contributed by atoms with E-state index in [1.165, 1.54) is 28.2 Å². The Hall–Kier alpha value is -3.79. The lowest BCUT2D eigenvalue weighted by Crippen LogP contribution is -2.48. The monoisotopic (exact) mass is 537 g/mol. The number of ether oxygens (including phenoxy) is 2. The predicted molar refractivity (Wildman–Crippen MR) is 138 cm³/mol. The molecule has 1 aliphatic heterocycles. The number of hydrogen-bond acceptors (Lipinski definition) is 8. The van der Waals surface area contributed by atoms with Crippen molar-refractivity contribution in [2.75, 3.05) is 32.9 Å². The summed E-state index contributed by atoms with van der Waals surface area (Å²) in [6, 6.07) is 12.0. The molecular weight excluding hydrogens is 510 g/mol. The summed E-state index contributed by atoms with van der Waals surface area (Å²) in [5, 5.41) is 12.2. The number of fused-ring (bicyclic) bond motifs is 1. The molecule has 1 saturated heterocycles. The highest BCUT2D eigenvalue weighted by Gasteiger charge is 2.58. The molecule has 1 N–H and O–H groups in total. The van der Waals surface area contributed by atoms with Gasteiger partial charge >= 0.3 is 0 Å². The van der Waals surface area contributed by atoms with Crippen molar-refractivity contribution in [3.05, 3.63) is 69.6 Å². The lowest BCUT2D eigenvalue weighted by Gasteiger charge is -2.30. The minimum absolute atomic E-state index is 0.0423. The summed E-state index contributed by atoms with van der Waals surface area (Å²) in [5.41, 5.74) is 1.10. The van der Waals surface area contributed by atoms with Gasteiger partial charge in [0.25, 0.3) is 11.5 Å². The first-order valence-electron chi connectivity index (χ1n) is 12.2. The first-order valence-corrected chi connectivity index (χ1v) is 13.7. The summed E-state index contributed by atoms with van der Waals surface area (Å²) < 4.78 is 39.5. The Morgan fingerprint density at radius 1 is 1.21 bits per heavy atom. The molecule has 0 radical (unpaired) electrons. The molecule has 5 rings (SSSR count). The van der Waals surface area contributed by atoms with Gasteiger partial charge in [0, 0.05) is 38.3 Å². The van der Waals surface area contributed by atoms with Gasteiger partial charge in [0.05, 0.1) is 24.8 Å². The minimum atomic E-state index is -3.58. The van der Waals surface area contributed by atoms with E-state index in [2.05, 4.69) is 10.3 Å². The maximum atomic E-state index is 13.2. The van der Waals surface area contributed by atoms with Crippen LogP contribution >= 0.6 is 0 Å². The fourth-order valence-electron chi connectivity index (χ4n) is 4.52. The first-order chi connectivity index (χ1) is 18.3. The number of amides is 1. The number of hydrogen-bond donors (Lipinski definition) is 1. The average Bonchev–Trinajstić information content (AvgIpc) is 3.75. The van der Waals surface area contributed by atoms with E-state index in [9.17, 15) is 18.0 Å². The summed E-state index contributed by atoms with van der Waals surface area (Å²) in [5.74, 6) is -0.403. The normalized spacial score (nSPS) is 17.1. The van der Waals surface area contributed by atoms with E-state index in [1.54, 1.807) is 30.3 Å². The molecule has 3 heterocycles. The number of nitrogens with zero attached hydrogens (tertiary/aromatic N) is 4. The topological polar surface area (TPSA) is 144 Å². The Morgan fingerprint density at radius 3 is 2.58 bits per heavy atom. The number of pyridine rings is 2. The number of sulfonamides is 1. The van der Waals surface area contributed by atoms with Gasteiger partial charge in [-0.2, -0.15) is 9.57 Å². The molecule has 12 heteroatoms. The van der Waals surface area contributed by atoms with Gasteiger partial charge in [-0.1, -0.05) is 12.1 Å². The molecule has 0 bridgehead atoms. The van der Waals surface area contributed by atoms with Crippen molar-refractivity contribution in [3.8, 4) is 11.9 Å². The lowest BCUT2D eigenvalue weighted by molar-refractivity contribution is 0.0720. The van der Waals surface area contributed by atoms with Gasteiger partial charge in [0.2, 0.25) is 15.9 Å². The molecule has 38 heavy (non-hydrogen) atoms. The highest BCUT2D eigenvalue weighted by atomic mass is 32.2. The van der Waals surface area contributed by atoms with Crippen LogP contribution in [0.3, 0.4) is 0 Å². The molecule has 198 valence electrons. The summed E-state index contributed by atoms with van der Waals surface area (Å²) in [6.45, 7) is 1.48. The van der Waals surface area contributed by atoms with Gasteiger partial charge < -0.3 is 19.4 Å². The highest BCUT2D eigenvalue weighted by molar-refractivity contribution is 7.90. The van der Waals surface area contributed by atoms with Crippen LogP contribution < -0.4 is 15.6 Å². The van der Waals surface area contributed by atoms with Crippen LogP contribution in [0.2, 0.25) is 0 Å². The van der Waals surface area contributed by atoms with Crippen LogP contribution in [0, 0.1) is 11.3 Å². The molecule has 1 aromatic carbocycles. The van der Waals surface area contributed by atoms with Crippen molar-refractivity contribution in [3.63, 3.8) is 0 Å². The Kier molecular flexibility index (Phi) is 6.92. The Morgan fingerprint density at radius 2 is 1.92 bits per heavy atom. The molecule has 3 aromatic rings. The second-order valence-electron chi connectivity index (χ2n) is 9.46. The third-order valence-electron chi connectivity index (χ3n) is 7.01. The molecule has 0 unspecified atom stereocenters. The summed E-state index contributed by atoms with van der Waals surface area (Å²) >= 11 is 0. The first kappa shape index (κ1) is 25.8. The third kappa shape index (κ3) is 4.76. The van der Waals surface area contributed by atoms with E-state index in [4.69, 9.17) is 14.7 Å². The van der Waals surface area contributed by atoms with Gasteiger partial charge in [-0.05, 0) is 42.7 Å². The summed E-state index contributed by atoms with van der Waals surface area (Å²) in [7, 11) is -2.06. The Bertz CT molecular complexity index is 1580. The number of nitriles is 1. The van der Waals surface area contributed by atoms with E-state index in [-0.39, 0.29) is 24.6 Å². The summed E-state index contributed by atoms with van der Waals surface area (Å²) in [6.07, 6.45) is 2.47. The van der Waals surface area contributed by atoms with Crippen LogP contribution in [0.15, 0.2) is 47.4 Å². The van der Waals surface area contributed by atoms with Gasteiger partial charge in [-0.3, -0.25) is 9.59 Å². The molecule has 2 fully saturated rings. The molecule has 1 amide bonds. The molecule has 2 aliphatic rings. The predicted octanol–water partition coefficient (Wildman–Crippen LogP) is 1.31. The van der Waals surface area contributed by atoms with E-state index >= 15 is 0 Å². The average molecular weight is 538 g/mol. The lowest BCUT2D eigenvalue weighted by atomic mass is 10.1. The zero-order chi connectivity index (χ0) is 26.9. The highest BCUT2D eigenvalue weighted by Crippen LogP contribution is 2.45. The van der Waals surface area contributed by atoms with E-state index in [0.717, 1.165) is 5.56 Å². The number of aryl methyl sites for hydroxylation is 1. The number of aromatic nitrogens is 2. The van der Waals surface area contributed by atoms with Crippen molar-refractivity contribution in [2.24, 2.45) is 7.05 Å². The Labute approximate surface area is 219 Å². The molecule has 11 nitrogen and oxygen atoms in total. The van der Waals surface area contributed by atoms with E-state index in [1.807, 2.05) is 6.07 Å². The van der Waals surface area contributed by atoms with Gasteiger partial charge in [-0.15, -0.1) is 0 Å². The number of carbonyl (C=O) groups is 1. The molecule has 0 atom stereocenters. The standard InChI is InChI=1S/C26H27N5O6S/c1-30-22-20(14-21(25(30)33)23(32)29-16-19-4-2-18(15-27)3-5-19)6-9-28-24(22)37-17-26(7-8-26)38(34,35)31-10-12-36-13-11-31/h2-6,9,14H,7-8,10-13,16-17H2,1H3,(H,29,32). The van der Waals surface area contributed by atoms with Gasteiger partial charge in [-0.25, -0.2) is 13.4 Å². The molecule has 2 aromatic heterocycles. The van der Waals surface area contributed by atoms with E-state index < -0.39 is 26.2 Å². The van der Waals surface area contributed by atoms with Crippen LogP contribution in [0.1, 0.15) is 34.3 Å². The number of rotatable bonds is 8. The molecular formula is C26H27N5O6S. The van der Waals surface area contributed by atoms with Crippen LogP contribution in [0.25, 0.3) is 10.9 Å². The maximum absolute atomic E-state index is 13.2. The van der Waals surface area contributed by atoms with E-state index in [0.29, 0.717) is 55.6 Å². The number of benzene rings is 1. The Balaban J connectivity index is 1.35. The van der Waals surface area contributed by atoms with Crippen molar-refractivity contribution in [1.82, 2.24) is 19.2 Å². The van der Waals surface area contributed by atoms with Gasteiger partial charge in [0.15, 0.2) is 0 Å². The third-order valence-corrected chi connectivity index (χ3v) is 9.68. The fourth-order valence-corrected chi connectivity index (χ4v) is 6.53. The van der Waals surface area contributed by atoms with Crippen LogP contribution in [0.4, 0.5) is 0 Å². The molecule has 1 saturated carbocycles. The SMILES string of the molecule is Cn1c(=O)c(C(=O)NCc2ccc(C#N)cc2)cc2ccnc(OCC3(S(=O)(=O)N4CCOCC4)CC3)c21. The molecule has 1 aliphatic carbocycles.